The number of methoxy groups -OCH3 is 1. The highest BCUT2D eigenvalue weighted by molar-refractivity contribution is 5.43. The third-order valence-corrected chi connectivity index (χ3v) is 4.04. The van der Waals surface area contributed by atoms with Gasteiger partial charge in [-0.3, -0.25) is 10.1 Å². The summed E-state index contributed by atoms with van der Waals surface area (Å²) >= 11 is 0. The fourth-order valence-corrected chi connectivity index (χ4v) is 2.38. The van der Waals surface area contributed by atoms with Gasteiger partial charge in [0, 0.05) is 36.4 Å². The van der Waals surface area contributed by atoms with Crippen LogP contribution in [0.5, 0.6) is 5.75 Å². The molecule has 0 amide bonds. The van der Waals surface area contributed by atoms with Crippen LogP contribution in [-0.4, -0.2) is 30.3 Å². The van der Waals surface area contributed by atoms with Crippen molar-refractivity contribution in [2.24, 2.45) is 0 Å². The summed E-state index contributed by atoms with van der Waals surface area (Å²) in [5, 5.41) is 14.3. The van der Waals surface area contributed by atoms with Gasteiger partial charge in [-0.1, -0.05) is 0 Å². The maximum Gasteiger partial charge on any atom is 0.270 e. The van der Waals surface area contributed by atoms with Crippen LogP contribution in [0.2, 0.25) is 0 Å². The van der Waals surface area contributed by atoms with Crippen LogP contribution in [0.15, 0.2) is 18.2 Å². The molecule has 6 heteroatoms. The summed E-state index contributed by atoms with van der Waals surface area (Å²) in [5.74, 6) is 0.651. The topological polar surface area (TPSA) is 73.6 Å². The van der Waals surface area contributed by atoms with E-state index in [-0.39, 0.29) is 17.3 Å². The summed E-state index contributed by atoms with van der Waals surface area (Å²) in [6.45, 7) is 5.38. The monoisotopic (exact) mass is 280 g/mol. The van der Waals surface area contributed by atoms with Crippen molar-refractivity contribution in [2.75, 3.05) is 13.7 Å². The lowest BCUT2D eigenvalue weighted by atomic mass is 9.94. The molecule has 2 unspecified atom stereocenters. The van der Waals surface area contributed by atoms with Crippen molar-refractivity contribution >= 4 is 5.69 Å². The number of non-ortho nitro benzene ring substituents is 1. The average molecular weight is 280 g/mol. The number of hydrogen-bond acceptors (Lipinski definition) is 5. The number of rotatable bonds is 5. The summed E-state index contributed by atoms with van der Waals surface area (Å²) in [4.78, 5) is 10.5. The molecule has 0 bridgehead atoms. The molecular weight excluding hydrogens is 260 g/mol. The second kappa shape index (κ2) is 5.76. The van der Waals surface area contributed by atoms with E-state index in [4.69, 9.17) is 9.47 Å². The van der Waals surface area contributed by atoms with E-state index in [0.717, 1.165) is 18.6 Å². The van der Waals surface area contributed by atoms with Crippen LogP contribution in [0.25, 0.3) is 0 Å². The smallest absolute Gasteiger partial charge is 0.270 e. The number of nitro groups is 1. The minimum absolute atomic E-state index is 0.0727. The number of nitrogens with one attached hydrogen (secondary N) is 1. The molecular formula is C14H20N2O4. The first-order chi connectivity index (χ1) is 9.46. The van der Waals surface area contributed by atoms with Crippen LogP contribution >= 0.6 is 0 Å². The Kier molecular flexibility index (Phi) is 4.25. The molecule has 1 N–H and O–H groups in total. The molecule has 1 fully saturated rings. The number of hydrogen-bond donors (Lipinski definition) is 1. The third-order valence-electron chi connectivity index (χ3n) is 4.04. The van der Waals surface area contributed by atoms with E-state index in [9.17, 15) is 10.1 Å². The molecule has 0 radical (unpaired) electrons. The summed E-state index contributed by atoms with van der Waals surface area (Å²) < 4.78 is 10.8. The zero-order chi connectivity index (χ0) is 14.8. The number of ether oxygens (including phenoxy) is 2. The third kappa shape index (κ3) is 2.91. The zero-order valence-electron chi connectivity index (χ0n) is 12.0. The van der Waals surface area contributed by atoms with Crippen molar-refractivity contribution in [3.8, 4) is 5.75 Å². The number of nitrogens with zero attached hydrogens (tertiary/aromatic N) is 1. The second-order valence-electron chi connectivity index (χ2n) is 5.29. The van der Waals surface area contributed by atoms with Crippen LogP contribution in [0.1, 0.15) is 25.8 Å². The first-order valence-corrected chi connectivity index (χ1v) is 6.64. The van der Waals surface area contributed by atoms with E-state index in [1.807, 2.05) is 6.92 Å². The summed E-state index contributed by atoms with van der Waals surface area (Å²) in [5.41, 5.74) is 0.737. The van der Waals surface area contributed by atoms with Gasteiger partial charge in [0.15, 0.2) is 0 Å². The van der Waals surface area contributed by atoms with Crippen molar-refractivity contribution in [3.05, 3.63) is 33.9 Å². The first-order valence-electron chi connectivity index (χ1n) is 6.64. The highest BCUT2D eigenvalue weighted by atomic mass is 16.6. The highest BCUT2D eigenvalue weighted by Crippen LogP contribution is 2.28. The van der Waals surface area contributed by atoms with Crippen LogP contribution in [-0.2, 0) is 11.3 Å². The van der Waals surface area contributed by atoms with Crippen molar-refractivity contribution in [3.63, 3.8) is 0 Å². The Bertz CT molecular complexity index is 506. The lowest BCUT2D eigenvalue weighted by Gasteiger charge is -2.29. The van der Waals surface area contributed by atoms with Crippen molar-refractivity contribution in [2.45, 2.75) is 38.5 Å². The zero-order valence-corrected chi connectivity index (χ0v) is 12.0. The molecule has 2 atom stereocenters. The molecule has 1 saturated heterocycles. The molecule has 0 saturated carbocycles. The van der Waals surface area contributed by atoms with Gasteiger partial charge in [-0.15, -0.1) is 0 Å². The minimum Gasteiger partial charge on any atom is -0.496 e. The predicted molar refractivity (Wildman–Crippen MR) is 74.9 cm³/mol. The minimum atomic E-state index is -0.397. The van der Waals surface area contributed by atoms with E-state index >= 15 is 0 Å². The van der Waals surface area contributed by atoms with Gasteiger partial charge in [-0.05, 0) is 26.3 Å². The van der Waals surface area contributed by atoms with E-state index in [1.54, 1.807) is 19.2 Å². The van der Waals surface area contributed by atoms with E-state index in [2.05, 4.69) is 12.2 Å². The maximum atomic E-state index is 10.9. The van der Waals surface area contributed by atoms with Gasteiger partial charge in [0.1, 0.15) is 5.75 Å². The first kappa shape index (κ1) is 14.7. The molecule has 110 valence electrons. The Morgan fingerprint density at radius 3 is 2.90 bits per heavy atom. The van der Waals surface area contributed by atoms with Crippen LogP contribution in [0.4, 0.5) is 5.69 Å². The van der Waals surface area contributed by atoms with Gasteiger partial charge in [0.25, 0.3) is 5.69 Å². The fourth-order valence-electron chi connectivity index (χ4n) is 2.38. The molecule has 1 aliphatic rings. The van der Waals surface area contributed by atoms with Gasteiger partial charge < -0.3 is 14.8 Å². The second-order valence-corrected chi connectivity index (χ2v) is 5.29. The van der Waals surface area contributed by atoms with Crippen LogP contribution < -0.4 is 10.1 Å². The lowest BCUT2D eigenvalue weighted by molar-refractivity contribution is -0.384. The molecule has 1 aromatic carbocycles. The Hall–Kier alpha value is -1.66. The molecule has 0 aromatic heterocycles. The largest absolute Gasteiger partial charge is 0.496 e. The Labute approximate surface area is 118 Å². The Morgan fingerprint density at radius 1 is 1.60 bits per heavy atom. The summed E-state index contributed by atoms with van der Waals surface area (Å²) in [6.07, 6.45) is 1.04. The molecule has 1 aliphatic heterocycles. The average Bonchev–Trinajstić information content (AvgIpc) is 2.76. The highest BCUT2D eigenvalue weighted by Gasteiger charge is 2.36. The molecule has 1 aromatic rings. The Balaban J connectivity index is 2.15. The summed E-state index contributed by atoms with van der Waals surface area (Å²) in [7, 11) is 1.56. The number of benzene rings is 1. The molecule has 20 heavy (non-hydrogen) atoms. The van der Waals surface area contributed by atoms with Crippen LogP contribution in [0.3, 0.4) is 0 Å². The molecule has 1 heterocycles. The van der Waals surface area contributed by atoms with E-state index in [1.165, 1.54) is 6.07 Å². The quantitative estimate of drug-likeness (QED) is 0.661. The molecule has 6 nitrogen and oxygen atoms in total. The molecule has 2 rings (SSSR count). The predicted octanol–water partition coefficient (Wildman–Crippen LogP) is 2.26. The molecule has 0 aliphatic carbocycles. The normalized spacial score (nSPS) is 25.6. The number of nitro benzene ring substituents is 1. The SMILES string of the molecule is COc1ccc([N+](=O)[O-])cc1CNC1(C)CCOC1C. The maximum absolute atomic E-state index is 10.9. The van der Waals surface area contributed by atoms with Gasteiger partial charge >= 0.3 is 0 Å². The van der Waals surface area contributed by atoms with Gasteiger partial charge in [0.2, 0.25) is 0 Å². The van der Waals surface area contributed by atoms with Gasteiger partial charge in [0.05, 0.1) is 18.1 Å². The van der Waals surface area contributed by atoms with Crippen LogP contribution in [0, 0.1) is 10.1 Å². The van der Waals surface area contributed by atoms with Gasteiger partial charge in [-0.25, -0.2) is 0 Å². The Morgan fingerprint density at radius 2 is 2.35 bits per heavy atom. The van der Waals surface area contributed by atoms with Crippen molar-refractivity contribution < 1.29 is 14.4 Å². The van der Waals surface area contributed by atoms with Crippen molar-refractivity contribution in [1.82, 2.24) is 5.32 Å². The molecule has 0 spiro atoms. The lowest BCUT2D eigenvalue weighted by Crippen LogP contribution is -2.47. The van der Waals surface area contributed by atoms with Gasteiger partial charge in [-0.2, -0.15) is 0 Å². The summed E-state index contributed by atoms with van der Waals surface area (Å²) in [6, 6.07) is 4.63. The van der Waals surface area contributed by atoms with E-state index < -0.39 is 4.92 Å². The standard InChI is InChI=1S/C14H20N2O4/c1-10-14(2,6-7-20-10)15-9-11-8-12(16(17)18)4-5-13(11)19-3/h4-5,8,10,15H,6-7,9H2,1-3H3. The fraction of sp³-hybridized carbons (Fsp3) is 0.571. The van der Waals surface area contributed by atoms with E-state index in [0.29, 0.717) is 12.3 Å². The van der Waals surface area contributed by atoms with Crippen molar-refractivity contribution in [1.29, 1.82) is 0 Å².